The zero-order chi connectivity index (χ0) is 16.4. The van der Waals surface area contributed by atoms with E-state index >= 15 is 0 Å². The van der Waals surface area contributed by atoms with Crippen LogP contribution >= 0.6 is 0 Å². The Balaban J connectivity index is 1.78. The highest BCUT2D eigenvalue weighted by molar-refractivity contribution is 5.93. The van der Waals surface area contributed by atoms with E-state index in [2.05, 4.69) is 4.57 Å². The summed E-state index contributed by atoms with van der Waals surface area (Å²) in [4.78, 5) is 28.5. The Morgan fingerprint density at radius 2 is 2.09 bits per heavy atom. The Kier molecular flexibility index (Phi) is 4.41. The third-order valence-electron chi connectivity index (χ3n) is 4.40. The fraction of sp³-hybridized carbons (Fsp3) is 0.529. The molecule has 124 valence electrons. The summed E-state index contributed by atoms with van der Waals surface area (Å²) in [5.41, 5.74) is 2.34. The number of carbonyl (C=O) groups excluding carboxylic acids is 2. The fourth-order valence-electron chi connectivity index (χ4n) is 3.18. The van der Waals surface area contributed by atoms with Crippen LogP contribution in [0.4, 0.5) is 0 Å². The third-order valence-corrected chi connectivity index (χ3v) is 4.40. The van der Waals surface area contributed by atoms with Crippen molar-refractivity contribution in [2.75, 3.05) is 26.7 Å². The van der Waals surface area contributed by atoms with Crippen molar-refractivity contribution in [3.8, 4) is 0 Å². The van der Waals surface area contributed by atoms with Gasteiger partial charge in [0, 0.05) is 38.6 Å². The molecule has 0 saturated heterocycles. The molecule has 1 aromatic heterocycles. The molecule has 3 rings (SSSR count). The molecule has 0 saturated carbocycles. The second-order valence-corrected chi connectivity index (χ2v) is 6.01. The summed E-state index contributed by atoms with van der Waals surface area (Å²) in [6, 6.07) is 1.84. The number of likely N-dealkylation sites (N-methyl/N-ethyl adjacent to an activating group) is 1. The van der Waals surface area contributed by atoms with Crippen LogP contribution in [-0.4, -0.2) is 53.0 Å². The second-order valence-electron chi connectivity index (χ2n) is 6.01. The van der Waals surface area contributed by atoms with Gasteiger partial charge in [0.25, 0.3) is 5.91 Å². The number of fused-ring (bicyclic) bond motifs is 1. The summed E-state index contributed by atoms with van der Waals surface area (Å²) in [5.74, 6) is -0.221. The van der Waals surface area contributed by atoms with Crippen molar-refractivity contribution < 1.29 is 14.3 Å². The fourth-order valence-corrected chi connectivity index (χ4v) is 3.18. The predicted octanol–water partition coefficient (Wildman–Crippen LogP) is 1.62. The summed E-state index contributed by atoms with van der Waals surface area (Å²) >= 11 is 0. The smallest absolute Gasteiger partial charge is 0.339 e. The molecular formula is C17H23N3O3. The molecule has 6 nitrogen and oxygen atoms in total. The van der Waals surface area contributed by atoms with Crippen molar-refractivity contribution in [3.63, 3.8) is 0 Å². The van der Waals surface area contributed by atoms with Crippen LogP contribution in [0.5, 0.6) is 0 Å². The number of rotatable bonds is 3. The maximum absolute atomic E-state index is 12.7. The number of ether oxygens (including phenoxy) is 1. The molecule has 0 radical (unpaired) electrons. The molecule has 6 heteroatoms. The van der Waals surface area contributed by atoms with Gasteiger partial charge < -0.3 is 19.1 Å². The normalized spacial score (nSPS) is 17.6. The minimum atomic E-state index is -0.302. The van der Waals surface area contributed by atoms with Crippen molar-refractivity contribution in [2.45, 2.75) is 32.9 Å². The number of hydrogen-bond donors (Lipinski definition) is 0. The summed E-state index contributed by atoms with van der Waals surface area (Å²) in [5, 5.41) is 0. The van der Waals surface area contributed by atoms with Crippen molar-refractivity contribution in [1.82, 2.24) is 14.4 Å². The molecule has 2 aliphatic rings. The molecule has 0 spiro atoms. The van der Waals surface area contributed by atoms with Gasteiger partial charge in [0.05, 0.1) is 24.4 Å². The van der Waals surface area contributed by atoms with Gasteiger partial charge in [0.15, 0.2) is 0 Å². The number of aryl methyl sites for hydroxylation is 1. The lowest BCUT2D eigenvalue weighted by atomic mass is 10.2. The highest BCUT2D eigenvalue weighted by atomic mass is 16.5. The number of nitrogens with zero attached hydrogens (tertiary/aromatic N) is 3. The molecule has 0 aliphatic carbocycles. The minimum absolute atomic E-state index is 0.0809. The van der Waals surface area contributed by atoms with Crippen LogP contribution in [0.25, 0.3) is 0 Å². The van der Waals surface area contributed by atoms with Crippen LogP contribution in [0.2, 0.25) is 0 Å². The van der Waals surface area contributed by atoms with Crippen molar-refractivity contribution in [3.05, 3.63) is 35.3 Å². The molecular weight excluding hydrogens is 294 g/mol. The van der Waals surface area contributed by atoms with Crippen molar-refractivity contribution >= 4 is 11.9 Å². The average molecular weight is 317 g/mol. The van der Waals surface area contributed by atoms with Gasteiger partial charge in [-0.1, -0.05) is 6.08 Å². The average Bonchev–Trinajstić information content (AvgIpc) is 3.08. The molecule has 2 aliphatic heterocycles. The molecule has 0 unspecified atom stereocenters. The summed E-state index contributed by atoms with van der Waals surface area (Å²) in [6.07, 6.45) is 5.65. The molecule has 1 amide bonds. The number of hydrogen-bond acceptors (Lipinski definition) is 4. The van der Waals surface area contributed by atoms with E-state index in [0.717, 1.165) is 43.9 Å². The van der Waals surface area contributed by atoms with Crippen LogP contribution in [0, 0.1) is 0 Å². The molecule has 0 fully saturated rings. The van der Waals surface area contributed by atoms with Gasteiger partial charge in [-0.25, -0.2) is 4.79 Å². The molecule has 0 aromatic carbocycles. The molecule has 0 bridgehead atoms. The largest absolute Gasteiger partial charge is 0.462 e. The highest BCUT2D eigenvalue weighted by Crippen LogP contribution is 2.21. The van der Waals surface area contributed by atoms with Gasteiger partial charge in [-0.05, 0) is 25.8 Å². The van der Waals surface area contributed by atoms with Gasteiger partial charge in [0.1, 0.15) is 0 Å². The minimum Gasteiger partial charge on any atom is -0.462 e. The van der Waals surface area contributed by atoms with Gasteiger partial charge in [-0.15, -0.1) is 0 Å². The lowest BCUT2D eigenvalue weighted by molar-refractivity contribution is -0.129. The van der Waals surface area contributed by atoms with Crippen LogP contribution in [0.3, 0.4) is 0 Å². The second kappa shape index (κ2) is 6.48. The summed E-state index contributed by atoms with van der Waals surface area (Å²) in [6.45, 7) is 5.14. The molecule has 0 atom stereocenters. The lowest BCUT2D eigenvalue weighted by Gasteiger charge is -2.24. The van der Waals surface area contributed by atoms with Crippen LogP contribution in [0.1, 0.15) is 35.8 Å². The summed E-state index contributed by atoms with van der Waals surface area (Å²) in [7, 11) is 1.95. The van der Waals surface area contributed by atoms with Crippen LogP contribution in [-0.2, 0) is 22.6 Å². The van der Waals surface area contributed by atoms with E-state index in [0.29, 0.717) is 18.7 Å². The number of carbonyl (C=O) groups is 2. The first-order chi connectivity index (χ1) is 11.1. The molecule has 3 heterocycles. The van der Waals surface area contributed by atoms with Gasteiger partial charge in [-0.2, -0.15) is 0 Å². The standard InChI is InChI=1S/C17H23N3O3/c1-3-23-17(22)13-10-14-12-20(9-5-8-19(14)11-13)16(21)15-6-4-7-18(15)2/h6,10-11H,3-5,7-9,12H2,1-2H3. The van der Waals surface area contributed by atoms with Gasteiger partial charge in [-0.3, -0.25) is 4.79 Å². The Hall–Kier alpha value is -2.24. The molecule has 0 N–H and O–H groups in total. The van der Waals surface area contributed by atoms with Gasteiger partial charge in [0.2, 0.25) is 0 Å². The maximum Gasteiger partial charge on any atom is 0.339 e. The Morgan fingerprint density at radius 1 is 1.26 bits per heavy atom. The monoisotopic (exact) mass is 317 g/mol. The predicted molar refractivity (Wildman–Crippen MR) is 85.8 cm³/mol. The van der Waals surface area contributed by atoms with Gasteiger partial charge >= 0.3 is 5.97 Å². The molecule has 1 aromatic rings. The van der Waals surface area contributed by atoms with Crippen molar-refractivity contribution in [2.24, 2.45) is 0 Å². The first-order valence-corrected chi connectivity index (χ1v) is 8.17. The number of esters is 1. The van der Waals surface area contributed by atoms with E-state index in [1.54, 1.807) is 6.92 Å². The Bertz CT molecular complexity index is 648. The van der Waals surface area contributed by atoms with E-state index in [4.69, 9.17) is 4.74 Å². The Labute approximate surface area is 136 Å². The topological polar surface area (TPSA) is 54.8 Å². The highest BCUT2D eigenvalue weighted by Gasteiger charge is 2.26. The van der Waals surface area contributed by atoms with E-state index in [1.807, 2.05) is 35.2 Å². The third kappa shape index (κ3) is 3.11. The van der Waals surface area contributed by atoms with E-state index in [-0.39, 0.29) is 11.9 Å². The first-order valence-electron chi connectivity index (χ1n) is 8.17. The number of aromatic nitrogens is 1. The van der Waals surface area contributed by atoms with E-state index in [9.17, 15) is 9.59 Å². The maximum atomic E-state index is 12.7. The van der Waals surface area contributed by atoms with Crippen LogP contribution in [0.15, 0.2) is 24.0 Å². The quantitative estimate of drug-likeness (QED) is 0.795. The van der Waals surface area contributed by atoms with Crippen molar-refractivity contribution in [1.29, 1.82) is 0 Å². The lowest BCUT2D eigenvalue weighted by Crippen LogP contribution is -2.35. The SMILES string of the molecule is CCOC(=O)c1cc2n(c1)CCCN(C(=O)C1=CCCN1C)C2. The zero-order valence-corrected chi connectivity index (χ0v) is 13.7. The zero-order valence-electron chi connectivity index (χ0n) is 13.7. The summed E-state index contributed by atoms with van der Waals surface area (Å²) < 4.78 is 7.12. The number of amides is 1. The van der Waals surface area contributed by atoms with Crippen LogP contribution < -0.4 is 0 Å². The van der Waals surface area contributed by atoms with E-state index in [1.165, 1.54) is 0 Å². The Morgan fingerprint density at radius 3 is 2.78 bits per heavy atom. The first kappa shape index (κ1) is 15.6. The van der Waals surface area contributed by atoms with E-state index < -0.39 is 0 Å². The molecule has 23 heavy (non-hydrogen) atoms.